The normalized spacial score (nSPS) is 18.3. The van der Waals surface area contributed by atoms with Gasteiger partial charge >= 0.3 is 0 Å². The van der Waals surface area contributed by atoms with Crippen LogP contribution in [0.15, 0.2) is 54.6 Å². The first-order valence-corrected chi connectivity index (χ1v) is 13.0. The van der Waals surface area contributed by atoms with Crippen LogP contribution in [0, 0.1) is 5.92 Å². The van der Waals surface area contributed by atoms with E-state index in [4.69, 9.17) is 0 Å². The van der Waals surface area contributed by atoms with Gasteiger partial charge in [0.1, 0.15) is 0 Å². The molecule has 5 heteroatoms. The van der Waals surface area contributed by atoms with E-state index < -0.39 is 0 Å². The predicted molar refractivity (Wildman–Crippen MR) is 138 cm³/mol. The summed E-state index contributed by atoms with van der Waals surface area (Å²) in [5, 5.41) is 3.19. The van der Waals surface area contributed by atoms with E-state index in [9.17, 15) is 9.59 Å². The van der Waals surface area contributed by atoms with Crippen LogP contribution >= 0.6 is 0 Å². The number of piperazine rings is 1. The van der Waals surface area contributed by atoms with Gasteiger partial charge in [-0.15, -0.1) is 0 Å². The van der Waals surface area contributed by atoms with Crippen molar-refractivity contribution >= 4 is 17.5 Å². The Kier molecular flexibility index (Phi) is 8.39. The standard InChI is InChI=1S/C29H39N3O2/c1-22(2)24-13-15-26(16-14-24)30-29(34)28(25-10-6-7-11-25)32-20-18-31(19-21-32)27(33)17-12-23-8-4-3-5-9-23/h3-5,8-9,13-16,22,25,28H,6-7,10-12,17-21H2,1-2H3,(H,30,34). The summed E-state index contributed by atoms with van der Waals surface area (Å²) in [6.45, 7) is 7.28. The first kappa shape index (κ1) is 24.5. The van der Waals surface area contributed by atoms with E-state index in [0.717, 1.165) is 38.0 Å². The highest BCUT2D eigenvalue weighted by molar-refractivity contribution is 5.95. The van der Waals surface area contributed by atoms with Crippen molar-refractivity contribution in [3.63, 3.8) is 0 Å². The first-order chi connectivity index (χ1) is 16.5. The SMILES string of the molecule is CC(C)c1ccc(NC(=O)C(C2CCCC2)N2CCN(C(=O)CCc3ccccc3)CC2)cc1. The highest BCUT2D eigenvalue weighted by Crippen LogP contribution is 2.32. The fourth-order valence-electron chi connectivity index (χ4n) is 5.42. The van der Waals surface area contributed by atoms with Gasteiger partial charge in [-0.25, -0.2) is 0 Å². The van der Waals surface area contributed by atoms with Crippen LogP contribution in [0.1, 0.15) is 63.0 Å². The minimum atomic E-state index is -0.117. The third kappa shape index (κ3) is 6.26. The molecule has 34 heavy (non-hydrogen) atoms. The van der Waals surface area contributed by atoms with Crippen LogP contribution in [0.4, 0.5) is 5.69 Å². The van der Waals surface area contributed by atoms with E-state index in [2.05, 4.69) is 48.3 Å². The van der Waals surface area contributed by atoms with E-state index in [0.29, 0.717) is 31.3 Å². The van der Waals surface area contributed by atoms with Crippen LogP contribution in [0.25, 0.3) is 0 Å². The number of carbonyl (C=O) groups is 2. The van der Waals surface area contributed by atoms with Crippen molar-refractivity contribution in [2.45, 2.75) is 64.3 Å². The molecule has 5 nitrogen and oxygen atoms in total. The number of nitrogens with one attached hydrogen (secondary N) is 1. The Hall–Kier alpha value is -2.66. The molecule has 0 radical (unpaired) electrons. The van der Waals surface area contributed by atoms with Crippen LogP contribution in [0.3, 0.4) is 0 Å². The maximum atomic E-state index is 13.5. The molecule has 2 fully saturated rings. The maximum absolute atomic E-state index is 13.5. The Morgan fingerprint density at radius 2 is 1.56 bits per heavy atom. The second kappa shape index (κ2) is 11.7. The molecule has 4 rings (SSSR count). The molecule has 2 aromatic carbocycles. The summed E-state index contributed by atoms with van der Waals surface area (Å²) in [6, 6.07) is 18.3. The maximum Gasteiger partial charge on any atom is 0.242 e. The largest absolute Gasteiger partial charge is 0.340 e. The molecule has 1 aliphatic heterocycles. The highest BCUT2D eigenvalue weighted by Gasteiger charge is 2.37. The van der Waals surface area contributed by atoms with Gasteiger partial charge in [0.25, 0.3) is 0 Å². The number of hydrogen-bond donors (Lipinski definition) is 1. The van der Waals surface area contributed by atoms with E-state index in [1.807, 2.05) is 35.2 Å². The first-order valence-electron chi connectivity index (χ1n) is 13.0. The van der Waals surface area contributed by atoms with Gasteiger partial charge in [-0.1, -0.05) is 69.2 Å². The summed E-state index contributed by atoms with van der Waals surface area (Å²) in [4.78, 5) is 30.5. The number of rotatable bonds is 8. The summed E-state index contributed by atoms with van der Waals surface area (Å²) >= 11 is 0. The lowest BCUT2D eigenvalue weighted by Crippen LogP contribution is -2.57. The van der Waals surface area contributed by atoms with Crippen LogP contribution in [-0.2, 0) is 16.0 Å². The van der Waals surface area contributed by atoms with E-state index >= 15 is 0 Å². The van der Waals surface area contributed by atoms with Gasteiger partial charge in [-0.05, 0) is 54.4 Å². The predicted octanol–water partition coefficient (Wildman–Crippen LogP) is 5.08. The van der Waals surface area contributed by atoms with Gasteiger partial charge in [-0.2, -0.15) is 0 Å². The molecule has 1 atom stereocenters. The van der Waals surface area contributed by atoms with Crippen LogP contribution < -0.4 is 5.32 Å². The smallest absolute Gasteiger partial charge is 0.242 e. The Balaban J connectivity index is 1.34. The van der Waals surface area contributed by atoms with Crippen LogP contribution in [0.2, 0.25) is 0 Å². The minimum Gasteiger partial charge on any atom is -0.340 e. The van der Waals surface area contributed by atoms with Crippen molar-refractivity contribution in [2.24, 2.45) is 5.92 Å². The zero-order chi connectivity index (χ0) is 23.9. The molecule has 0 aromatic heterocycles. The molecule has 0 bridgehead atoms. The third-order valence-corrected chi connectivity index (χ3v) is 7.49. The van der Waals surface area contributed by atoms with Crippen molar-refractivity contribution in [2.75, 3.05) is 31.5 Å². The molecule has 2 amide bonds. The molecular formula is C29H39N3O2. The molecule has 2 aliphatic rings. The topological polar surface area (TPSA) is 52.7 Å². The number of anilines is 1. The summed E-state index contributed by atoms with van der Waals surface area (Å²) in [7, 11) is 0. The molecule has 0 spiro atoms. The third-order valence-electron chi connectivity index (χ3n) is 7.49. The van der Waals surface area contributed by atoms with Crippen molar-refractivity contribution in [1.82, 2.24) is 9.80 Å². The number of aryl methyl sites for hydroxylation is 1. The van der Waals surface area contributed by atoms with Gasteiger partial charge in [0.05, 0.1) is 6.04 Å². The Morgan fingerprint density at radius 3 is 2.18 bits per heavy atom. The molecule has 1 saturated heterocycles. The lowest BCUT2D eigenvalue weighted by molar-refractivity contribution is -0.134. The zero-order valence-corrected chi connectivity index (χ0v) is 20.7. The summed E-state index contributed by atoms with van der Waals surface area (Å²) in [6.07, 6.45) is 5.96. The average Bonchev–Trinajstić information content (AvgIpc) is 3.38. The summed E-state index contributed by atoms with van der Waals surface area (Å²) in [5.74, 6) is 1.20. The summed E-state index contributed by atoms with van der Waals surface area (Å²) in [5.41, 5.74) is 3.35. The Labute approximate surface area is 204 Å². The van der Waals surface area contributed by atoms with E-state index in [-0.39, 0.29) is 17.9 Å². The van der Waals surface area contributed by atoms with Gasteiger partial charge in [0.15, 0.2) is 0 Å². The molecule has 1 aliphatic carbocycles. The summed E-state index contributed by atoms with van der Waals surface area (Å²) < 4.78 is 0. The quantitative estimate of drug-likeness (QED) is 0.596. The molecular weight excluding hydrogens is 422 g/mol. The number of hydrogen-bond acceptors (Lipinski definition) is 3. The number of benzene rings is 2. The lowest BCUT2D eigenvalue weighted by Gasteiger charge is -2.40. The fraction of sp³-hybridized carbons (Fsp3) is 0.517. The van der Waals surface area contributed by atoms with Crippen molar-refractivity contribution in [3.05, 3.63) is 65.7 Å². The lowest BCUT2D eigenvalue weighted by atomic mass is 9.94. The molecule has 182 valence electrons. The second-order valence-electron chi connectivity index (χ2n) is 10.2. The van der Waals surface area contributed by atoms with Crippen molar-refractivity contribution in [3.8, 4) is 0 Å². The molecule has 1 heterocycles. The molecule has 1 unspecified atom stereocenters. The van der Waals surface area contributed by atoms with E-state index in [1.54, 1.807) is 0 Å². The van der Waals surface area contributed by atoms with Gasteiger partial charge in [0, 0.05) is 38.3 Å². The van der Waals surface area contributed by atoms with Crippen LogP contribution in [-0.4, -0.2) is 53.8 Å². The number of nitrogens with zero attached hydrogens (tertiary/aromatic N) is 2. The number of amides is 2. The Bertz CT molecular complexity index is 928. The average molecular weight is 462 g/mol. The van der Waals surface area contributed by atoms with Crippen LogP contribution in [0.5, 0.6) is 0 Å². The Morgan fingerprint density at radius 1 is 0.912 bits per heavy atom. The van der Waals surface area contributed by atoms with Crippen molar-refractivity contribution in [1.29, 1.82) is 0 Å². The van der Waals surface area contributed by atoms with Gasteiger partial charge in [0.2, 0.25) is 11.8 Å². The minimum absolute atomic E-state index is 0.105. The zero-order valence-electron chi connectivity index (χ0n) is 20.7. The monoisotopic (exact) mass is 461 g/mol. The van der Waals surface area contributed by atoms with Gasteiger partial charge < -0.3 is 10.2 Å². The fourth-order valence-corrected chi connectivity index (χ4v) is 5.42. The molecule has 1 N–H and O–H groups in total. The molecule has 1 saturated carbocycles. The molecule has 2 aromatic rings. The number of carbonyl (C=O) groups excluding carboxylic acids is 2. The van der Waals surface area contributed by atoms with Gasteiger partial charge in [-0.3, -0.25) is 14.5 Å². The second-order valence-corrected chi connectivity index (χ2v) is 10.2. The highest BCUT2D eigenvalue weighted by atomic mass is 16.2. The van der Waals surface area contributed by atoms with Crippen molar-refractivity contribution < 1.29 is 9.59 Å². The van der Waals surface area contributed by atoms with E-state index in [1.165, 1.54) is 24.0 Å².